The van der Waals surface area contributed by atoms with E-state index in [0.717, 1.165) is 6.92 Å². The summed E-state index contributed by atoms with van der Waals surface area (Å²) in [5.41, 5.74) is 0. The van der Waals surface area contributed by atoms with E-state index in [2.05, 4.69) is 0 Å². The molecule has 0 heterocycles. The SMILES string of the molecule is CC(=O)O.CCOC(C)(O)CC. The van der Waals surface area contributed by atoms with E-state index in [-0.39, 0.29) is 0 Å². The second-order valence-corrected chi connectivity index (χ2v) is 2.48. The van der Waals surface area contributed by atoms with Crippen molar-refractivity contribution in [2.24, 2.45) is 0 Å². The molecule has 0 aromatic heterocycles. The summed E-state index contributed by atoms with van der Waals surface area (Å²) in [6, 6.07) is 0. The monoisotopic (exact) mass is 178 g/mol. The maximum Gasteiger partial charge on any atom is 0.300 e. The van der Waals surface area contributed by atoms with Crippen molar-refractivity contribution < 1.29 is 19.7 Å². The highest BCUT2D eigenvalue weighted by molar-refractivity contribution is 5.62. The van der Waals surface area contributed by atoms with Crippen molar-refractivity contribution in [3.8, 4) is 0 Å². The van der Waals surface area contributed by atoms with E-state index < -0.39 is 11.8 Å². The van der Waals surface area contributed by atoms with Crippen LogP contribution in [0.4, 0.5) is 0 Å². The second kappa shape index (κ2) is 7.06. The molecule has 0 aromatic rings. The molecule has 0 saturated heterocycles. The molecule has 0 aliphatic heterocycles. The van der Waals surface area contributed by atoms with Crippen LogP contribution in [0.15, 0.2) is 0 Å². The molecule has 0 aliphatic carbocycles. The smallest absolute Gasteiger partial charge is 0.300 e. The maximum atomic E-state index is 9.10. The summed E-state index contributed by atoms with van der Waals surface area (Å²) >= 11 is 0. The molecule has 2 N–H and O–H groups in total. The zero-order chi connectivity index (χ0) is 10.2. The Labute approximate surface area is 73.2 Å². The molecular formula is C8H18O4. The van der Waals surface area contributed by atoms with Crippen molar-refractivity contribution in [2.45, 2.75) is 39.9 Å². The van der Waals surface area contributed by atoms with Gasteiger partial charge in [0.05, 0.1) is 0 Å². The zero-order valence-electron chi connectivity index (χ0n) is 8.13. The first-order valence-electron chi connectivity index (χ1n) is 3.91. The number of rotatable bonds is 3. The van der Waals surface area contributed by atoms with Crippen molar-refractivity contribution in [1.29, 1.82) is 0 Å². The molecule has 1 unspecified atom stereocenters. The van der Waals surface area contributed by atoms with E-state index in [1.807, 2.05) is 13.8 Å². The zero-order valence-corrected chi connectivity index (χ0v) is 8.13. The van der Waals surface area contributed by atoms with Crippen molar-refractivity contribution in [3.63, 3.8) is 0 Å². The Morgan fingerprint density at radius 3 is 1.92 bits per heavy atom. The molecule has 0 aromatic carbocycles. The molecule has 0 radical (unpaired) electrons. The quantitative estimate of drug-likeness (QED) is 0.638. The fourth-order valence-electron chi connectivity index (χ4n) is 0.413. The van der Waals surface area contributed by atoms with Crippen LogP contribution in [0.3, 0.4) is 0 Å². The van der Waals surface area contributed by atoms with Gasteiger partial charge in [-0.2, -0.15) is 0 Å². The third-order valence-corrected chi connectivity index (χ3v) is 1.11. The molecule has 12 heavy (non-hydrogen) atoms. The molecule has 0 fully saturated rings. The summed E-state index contributed by atoms with van der Waals surface area (Å²) in [7, 11) is 0. The van der Waals surface area contributed by atoms with Crippen molar-refractivity contribution in [2.75, 3.05) is 6.61 Å². The molecule has 0 rings (SSSR count). The Hall–Kier alpha value is -0.610. The van der Waals surface area contributed by atoms with Gasteiger partial charge in [-0.15, -0.1) is 0 Å². The molecule has 0 bridgehead atoms. The van der Waals surface area contributed by atoms with E-state index in [0.29, 0.717) is 13.0 Å². The van der Waals surface area contributed by atoms with Crippen molar-refractivity contribution in [1.82, 2.24) is 0 Å². The number of carbonyl (C=O) groups is 1. The van der Waals surface area contributed by atoms with Crippen LogP contribution in [-0.2, 0) is 9.53 Å². The highest BCUT2D eigenvalue weighted by Gasteiger charge is 2.15. The van der Waals surface area contributed by atoms with Crippen LogP contribution < -0.4 is 0 Å². The Morgan fingerprint density at radius 1 is 1.50 bits per heavy atom. The lowest BCUT2D eigenvalue weighted by atomic mass is 10.2. The van der Waals surface area contributed by atoms with E-state index >= 15 is 0 Å². The van der Waals surface area contributed by atoms with Gasteiger partial charge in [0, 0.05) is 13.5 Å². The predicted octanol–water partition coefficient (Wildman–Crippen LogP) is 1.23. The van der Waals surface area contributed by atoms with Crippen LogP contribution in [0, 0.1) is 0 Å². The van der Waals surface area contributed by atoms with Gasteiger partial charge < -0.3 is 14.9 Å². The highest BCUT2D eigenvalue weighted by Crippen LogP contribution is 2.08. The first-order chi connectivity index (χ1) is 5.35. The summed E-state index contributed by atoms with van der Waals surface area (Å²) in [5, 5.41) is 16.5. The fraction of sp³-hybridized carbons (Fsp3) is 0.875. The summed E-state index contributed by atoms with van der Waals surface area (Å²) < 4.78 is 4.93. The molecule has 74 valence electrons. The molecule has 0 amide bonds. The molecule has 4 heteroatoms. The average molecular weight is 178 g/mol. The van der Waals surface area contributed by atoms with E-state index in [1.54, 1.807) is 6.92 Å². The van der Waals surface area contributed by atoms with Crippen LogP contribution >= 0.6 is 0 Å². The molecule has 1 atom stereocenters. The van der Waals surface area contributed by atoms with Gasteiger partial charge in [-0.3, -0.25) is 4.79 Å². The van der Waals surface area contributed by atoms with E-state index in [1.165, 1.54) is 0 Å². The molecule has 0 aliphatic rings. The first-order valence-corrected chi connectivity index (χ1v) is 3.91. The minimum Gasteiger partial charge on any atom is -0.481 e. The van der Waals surface area contributed by atoms with Crippen LogP contribution in [0.2, 0.25) is 0 Å². The lowest BCUT2D eigenvalue weighted by Gasteiger charge is -2.20. The van der Waals surface area contributed by atoms with Gasteiger partial charge >= 0.3 is 0 Å². The fourth-order valence-corrected chi connectivity index (χ4v) is 0.413. The summed E-state index contributed by atoms with van der Waals surface area (Å²) in [6.45, 7) is 7.07. The van der Waals surface area contributed by atoms with Gasteiger partial charge in [0.1, 0.15) is 0 Å². The van der Waals surface area contributed by atoms with Crippen LogP contribution in [0.1, 0.15) is 34.1 Å². The number of hydrogen-bond acceptors (Lipinski definition) is 3. The predicted molar refractivity (Wildman–Crippen MR) is 45.9 cm³/mol. The number of hydrogen-bond donors (Lipinski definition) is 2. The third kappa shape index (κ3) is 16.2. The van der Waals surface area contributed by atoms with Gasteiger partial charge in [0.15, 0.2) is 5.79 Å². The second-order valence-electron chi connectivity index (χ2n) is 2.48. The van der Waals surface area contributed by atoms with Crippen LogP contribution in [-0.4, -0.2) is 28.6 Å². The lowest BCUT2D eigenvalue weighted by molar-refractivity contribution is -0.188. The van der Waals surface area contributed by atoms with Gasteiger partial charge in [-0.25, -0.2) is 0 Å². The van der Waals surface area contributed by atoms with Gasteiger partial charge in [-0.05, 0) is 20.3 Å². The highest BCUT2D eigenvalue weighted by atomic mass is 16.6. The molecule has 0 spiro atoms. The molecule has 0 saturated carbocycles. The van der Waals surface area contributed by atoms with E-state index in [4.69, 9.17) is 19.7 Å². The Bertz CT molecular complexity index is 116. The van der Waals surface area contributed by atoms with Gasteiger partial charge in [-0.1, -0.05) is 6.92 Å². The summed E-state index contributed by atoms with van der Waals surface area (Å²) in [4.78, 5) is 9.00. The Morgan fingerprint density at radius 2 is 1.83 bits per heavy atom. The van der Waals surface area contributed by atoms with Crippen molar-refractivity contribution >= 4 is 5.97 Å². The van der Waals surface area contributed by atoms with Gasteiger partial charge in [0.2, 0.25) is 0 Å². The number of ether oxygens (including phenoxy) is 1. The van der Waals surface area contributed by atoms with Crippen molar-refractivity contribution in [3.05, 3.63) is 0 Å². The lowest BCUT2D eigenvalue weighted by Crippen LogP contribution is -2.26. The normalized spacial score (nSPS) is 14.1. The number of aliphatic carboxylic acids is 1. The largest absolute Gasteiger partial charge is 0.481 e. The summed E-state index contributed by atoms with van der Waals surface area (Å²) in [6.07, 6.45) is 0.640. The van der Waals surface area contributed by atoms with Crippen LogP contribution in [0.5, 0.6) is 0 Å². The van der Waals surface area contributed by atoms with Gasteiger partial charge in [0.25, 0.3) is 5.97 Å². The number of carboxylic acids is 1. The Balaban J connectivity index is 0. The molecule has 4 nitrogen and oxygen atoms in total. The maximum absolute atomic E-state index is 9.10. The van der Waals surface area contributed by atoms with Crippen LogP contribution in [0.25, 0.3) is 0 Å². The molecular weight excluding hydrogens is 160 g/mol. The topological polar surface area (TPSA) is 66.8 Å². The minimum atomic E-state index is -0.908. The standard InChI is InChI=1S/C6H14O2.C2H4O2/c1-4-6(3,7)8-5-2;1-2(3)4/h7H,4-5H2,1-3H3;1H3,(H,3,4). The first kappa shape index (κ1) is 13.9. The number of carboxylic acid groups (broad SMARTS) is 1. The van der Waals surface area contributed by atoms with E-state index in [9.17, 15) is 0 Å². The minimum absolute atomic E-state index is 0.570. The number of aliphatic hydroxyl groups is 1. The summed E-state index contributed by atoms with van der Waals surface area (Å²) in [5.74, 6) is -1.74. The average Bonchev–Trinajstić information content (AvgIpc) is 1.86. The third-order valence-electron chi connectivity index (χ3n) is 1.11. The Kier molecular flexibility index (Phi) is 8.21.